The molecule has 1 aromatic carbocycles. The van der Waals surface area contributed by atoms with Gasteiger partial charge in [-0.05, 0) is 55.3 Å². The molecule has 206 valence electrons. The summed E-state index contributed by atoms with van der Waals surface area (Å²) in [5, 5.41) is 2.84. The van der Waals surface area contributed by atoms with Crippen molar-refractivity contribution in [3.05, 3.63) is 106 Å². The van der Waals surface area contributed by atoms with Gasteiger partial charge >= 0.3 is 0 Å². The van der Waals surface area contributed by atoms with E-state index in [-0.39, 0.29) is 23.3 Å². The van der Waals surface area contributed by atoms with Crippen molar-refractivity contribution in [3.63, 3.8) is 0 Å². The molecule has 13 heteroatoms. The van der Waals surface area contributed by atoms with Crippen molar-refractivity contribution in [2.24, 2.45) is 0 Å². The number of hydrogen-bond acceptors (Lipinski definition) is 7. The zero-order valence-electron chi connectivity index (χ0n) is 20.9. The van der Waals surface area contributed by atoms with Crippen LogP contribution in [-0.2, 0) is 10.0 Å². The van der Waals surface area contributed by atoms with E-state index < -0.39 is 44.5 Å². The molecular formula is C28H18F3N5O3S2. The van der Waals surface area contributed by atoms with E-state index in [1.54, 1.807) is 30.7 Å². The van der Waals surface area contributed by atoms with Crippen LogP contribution in [0, 0.1) is 11.6 Å². The number of thiazole rings is 1. The number of fused-ring (bicyclic) bond motifs is 1. The number of carbonyl (C=O) groups is 1. The number of carbonyl (C=O) groups excluding carboxylic acids is 1. The Kier molecular flexibility index (Phi) is 6.75. The average molecular weight is 594 g/mol. The van der Waals surface area contributed by atoms with Gasteiger partial charge in [0.1, 0.15) is 22.3 Å². The van der Waals surface area contributed by atoms with Crippen LogP contribution in [0.5, 0.6) is 0 Å². The first kappa shape index (κ1) is 26.6. The van der Waals surface area contributed by atoms with Crippen LogP contribution < -0.4 is 4.72 Å². The van der Waals surface area contributed by atoms with Crippen LogP contribution in [0.4, 0.5) is 18.9 Å². The number of allylic oxidation sites excluding steroid dienone is 4. The van der Waals surface area contributed by atoms with Gasteiger partial charge in [0, 0.05) is 52.2 Å². The van der Waals surface area contributed by atoms with Crippen LogP contribution in [-0.4, -0.2) is 34.1 Å². The molecule has 1 aliphatic rings. The maximum absolute atomic E-state index is 15.5. The summed E-state index contributed by atoms with van der Waals surface area (Å²) in [6.07, 6.45) is 8.39. The Morgan fingerprint density at radius 2 is 1.95 bits per heavy atom. The molecule has 4 heterocycles. The lowest BCUT2D eigenvalue weighted by molar-refractivity contribution is 0.103. The average Bonchev–Trinajstić information content (AvgIpc) is 3.63. The van der Waals surface area contributed by atoms with Gasteiger partial charge < -0.3 is 4.98 Å². The number of hydrogen-bond donors (Lipinski definition) is 2. The maximum Gasteiger partial charge on any atom is 0.258 e. The van der Waals surface area contributed by atoms with Gasteiger partial charge in [-0.25, -0.2) is 31.6 Å². The van der Waals surface area contributed by atoms with Crippen molar-refractivity contribution in [1.29, 1.82) is 0 Å². The maximum atomic E-state index is 15.5. The second-order valence-electron chi connectivity index (χ2n) is 9.06. The lowest BCUT2D eigenvalue weighted by atomic mass is 10.0. The number of sulfonamides is 1. The van der Waals surface area contributed by atoms with E-state index >= 15 is 4.39 Å². The van der Waals surface area contributed by atoms with Crippen molar-refractivity contribution in [1.82, 2.24) is 19.9 Å². The van der Waals surface area contributed by atoms with Gasteiger partial charge in [-0.2, -0.15) is 0 Å². The molecule has 1 aliphatic carbocycles. The molecule has 0 radical (unpaired) electrons. The fraction of sp³-hybridized carbons (Fsp3) is 0.0714. The van der Waals surface area contributed by atoms with E-state index in [1.807, 2.05) is 16.2 Å². The standard InChI is InChI=1S/C28H18F3N5O3S2/c29-17-4-1-5-18(10-17)41(38,39)36-22-7-6-21(30)24(25(22)31)26(37)20-13-34-27-19(20)9-16(12-33-27)23-14-40-28(35-23)15-3-2-8-32-11-15/h2-4,6-14,36H,1,5H2,(H,33,34). The highest BCUT2D eigenvalue weighted by molar-refractivity contribution is 7.96. The molecule has 5 aromatic rings. The number of aromatic nitrogens is 4. The predicted octanol–water partition coefficient (Wildman–Crippen LogP) is 6.53. The predicted molar refractivity (Wildman–Crippen MR) is 149 cm³/mol. The van der Waals surface area contributed by atoms with E-state index in [2.05, 4.69) is 19.9 Å². The van der Waals surface area contributed by atoms with Crippen LogP contribution in [0.1, 0.15) is 28.8 Å². The first-order valence-electron chi connectivity index (χ1n) is 12.2. The van der Waals surface area contributed by atoms with Crippen LogP contribution >= 0.6 is 11.3 Å². The van der Waals surface area contributed by atoms with Crippen LogP contribution in [0.2, 0.25) is 0 Å². The monoisotopic (exact) mass is 593 g/mol. The molecule has 0 amide bonds. The number of benzene rings is 1. The van der Waals surface area contributed by atoms with Crippen molar-refractivity contribution < 1.29 is 26.4 Å². The third kappa shape index (κ3) is 5.05. The number of anilines is 1. The second kappa shape index (κ2) is 10.4. The van der Waals surface area contributed by atoms with Crippen molar-refractivity contribution >= 4 is 43.9 Å². The molecule has 0 bridgehead atoms. The lowest BCUT2D eigenvalue weighted by Gasteiger charge is -2.15. The van der Waals surface area contributed by atoms with Crippen LogP contribution in [0.25, 0.3) is 32.9 Å². The van der Waals surface area contributed by atoms with Gasteiger partial charge in [0.15, 0.2) is 5.82 Å². The smallest absolute Gasteiger partial charge is 0.258 e. The van der Waals surface area contributed by atoms with Gasteiger partial charge in [0.25, 0.3) is 10.0 Å². The molecule has 8 nitrogen and oxygen atoms in total. The Balaban J connectivity index is 1.35. The molecule has 0 aliphatic heterocycles. The summed E-state index contributed by atoms with van der Waals surface area (Å²) in [4.78, 5) is 29.0. The zero-order valence-corrected chi connectivity index (χ0v) is 22.5. The van der Waals surface area contributed by atoms with Crippen molar-refractivity contribution in [2.45, 2.75) is 12.8 Å². The molecular weight excluding hydrogens is 575 g/mol. The summed E-state index contributed by atoms with van der Waals surface area (Å²) in [6.45, 7) is 0. The Morgan fingerprint density at radius 3 is 2.73 bits per heavy atom. The number of nitrogens with one attached hydrogen (secondary N) is 2. The first-order valence-corrected chi connectivity index (χ1v) is 14.5. The van der Waals surface area contributed by atoms with E-state index in [0.717, 1.165) is 28.8 Å². The number of halogens is 3. The molecule has 0 fully saturated rings. The van der Waals surface area contributed by atoms with Gasteiger partial charge in [-0.3, -0.25) is 14.5 Å². The quantitative estimate of drug-likeness (QED) is 0.207. The number of nitrogens with zero attached hydrogens (tertiary/aromatic N) is 3. The molecule has 0 saturated carbocycles. The normalized spacial score (nSPS) is 13.6. The summed E-state index contributed by atoms with van der Waals surface area (Å²) in [7, 11) is -4.36. The fourth-order valence-electron chi connectivity index (χ4n) is 4.39. The summed E-state index contributed by atoms with van der Waals surface area (Å²) in [6, 6.07) is 6.96. The molecule has 4 aromatic heterocycles. The minimum absolute atomic E-state index is 0.00471. The molecule has 0 unspecified atom stereocenters. The van der Waals surface area contributed by atoms with E-state index in [4.69, 9.17) is 0 Å². The summed E-state index contributed by atoms with van der Waals surface area (Å²) in [5.41, 5.74) is 0.622. The molecule has 0 atom stereocenters. The highest BCUT2D eigenvalue weighted by Gasteiger charge is 2.28. The molecule has 0 spiro atoms. The third-order valence-electron chi connectivity index (χ3n) is 6.42. The molecule has 6 rings (SSSR count). The van der Waals surface area contributed by atoms with Crippen molar-refractivity contribution in [3.8, 4) is 21.8 Å². The Morgan fingerprint density at radius 1 is 1.10 bits per heavy atom. The summed E-state index contributed by atoms with van der Waals surface area (Å²) < 4.78 is 71.5. The number of pyridine rings is 2. The lowest BCUT2D eigenvalue weighted by Crippen LogP contribution is -2.18. The fourth-order valence-corrected chi connectivity index (χ4v) is 6.45. The molecule has 41 heavy (non-hydrogen) atoms. The Labute approximate surface area is 235 Å². The topological polar surface area (TPSA) is 118 Å². The highest BCUT2D eigenvalue weighted by Crippen LogP contribution is 2.33. The van der Waals surface area contributed by atoms with Crippen LogP contribution in [0.15, 0.2) is 83.4 Å². The number of H-pyrrole nitrogens is 1. The minimum atomic E-state index is -4.36. The molecule has 2 N–H and O–H groups in total. The number of aromatic amines is 1. The second-order valence-corrected chi connectivity index (χ2v) is 11.7. The number of rotatable bonds is 7. The van der Waals surface area contributed by atoms with Crippen molar-refractivity contribution in [2.75, 3.05) is 4.72 Å². The van der Waals surface area contributed by atoms with Gasteiger partial charge in [-0.1, -0.05) is 0 Å². The highest BCUT2D eigenvalue weighted by atomic mass is 32.2. The van der Waals surface area contributed by atoms with E-state index in [9.17, 15) is 22.0 Å². The Hall–Kier alpha value is -4.62. The zero-order chi connectivity index (χ0) is 28.7. The SMILES string of the molecule is O=C(c1c(F)ccc(NS(=O)(=O)C2=CC(F)=CCC2)c1F)c1c[nH]c2ncc(-c3csc(-c4cccnc4)n3)cc12. The van der Waals surface area contributed by atoms with E-state index in [1.165, 1.54) is 23.6 Å². The largest absolute Gasteiger partial charge is 0.345 e. The van der Waals surface area contributed by atoms with E-state index in [0.29, 0.717) is 22.3 Å². The summed E-state index contributed by atoms with van der Waals surface area (Å²) in [5.74, 6) is -4.33. The van der Waals surface area contributed by atoms with Gasteiger partial charge in [0.2, 0.25) is 5.78 Å². The first-order chi connectivity index (χ1) is 19.7. The van der Waals surface area contributed by atoms with Gasteiger partial charge in [-0.15, -0.1) is 11.3 Å². The summed E-state index contributed by atoms with van der Waals surface area (Å²) >= 11 is 1.40. The third-order valence-corrected chi connectivity index (χ3v) is 8.81. The Bertz CT molecular complexity index is 2000. The van der Waals surface area contributed by atoms with Gasteiger partial charge in [0.05, 0.1) is 21.8 Å². The minimum Gasteiger partial charge on any atom is -0.345 e. The number of ketones is 1. The van der Waals surface area contributed by atoms with Crippen LogP contribution in [0.3, 0.4) is 0 Å². The molecule has 0 saturated heterocycles.